The van der Waals surface area contributed by atoms with Gasteiger partial charge in [0.25, 0.3) is 0 Å². The van der Waals surface area contributed by atoms with E-state index in [0.29, 0.717) is 6.04 Å². The minimum absolute atomic E-state index is 0.564. The lowest BCUT2D eigenvalue weighted by molar-refractivity contribution is 0.220. The Morgan fingerprint density at radius 3 is 2.68 bits per heavy atom. The van der Waals surface area contributed by atoms with Gasteiger partial charge >= 0.3 is 0 Å². The number of likely N-dealkylation sites (tertiary alicyclic amines) is 1. The van der Waals surface area contributed by atoms with Gasteiger partial charge < -0.3 is 15.5 Å². The summed E-state index contributed by atoms with van der Waals surface area (Å²) in [4.78, 5) is 9.29. The molecule has 2 heterocycles. The summed E-state index contributed by atoms with van der Waals surface area (Å²) in [6, 6.07) is 0.564. The average Bonchev–Trinajstić information content (AvgIpc) is 2.44. The van der Waals surface area contributed by atoms with Crippen LogP contribution in [0.1, 0.15) is 25.3 Å². The molecule has 1 aliphatic rings. The van der Waals surface area contributed by atoms with Gasteiger partial charge in [-0.25, -0.2) is 4.98 Å². The fourth-order valence-electron chi connectivity index (χ4n) is 2.62. The van der Waals surface area contributed by atoms with Crippen molar-refractivity contribution in [2.75, 3.05) is 37.3 Å². The molecule has 1 aromatic heterocycles. The van der Waals surface area contributed by atoms with Gasteiger partial charge in [0.2, 0.25) is 0 Å². The molecular formula is C14H23BrN4. The summed E-state index contributed by atoms with van der Waals surface area (Å²) < 4.78 is 1.02. The lowest BCUT2D eigenvalue weighted by atomic mass is 10.0. The Kier molecular flexibility index (Phi) is 4.68. The molecule has 19 heavy (non-hydrogen) atoms. The summed E-state index contributed by atoms with van der Waals surface area (Å²) in [5.74, 6) is 1.00. The van der Waals surface area contributed by atoms with E-state index in [4.69, 9.17) is 5.73 Å². The number of nitrogens with two attached hydrogens (primary N) is 1. The quantitative estimate of drug-likeness (QED) is 0.927. The molecule has 0 atom stereocenters. The summed E-state index contributed by atoms with van der Waals surface area (Å²) >= 11 is 3.63. The maximum Gasteiger partial charge on any atom is 0.143 e. The molecular weight excluding hydrogens is 304 g/mol. The number of piperidine rings is 1. The molecule has 5 heteroatoms. The normalized spacial score (nSPS) is 17.7. The van der Waals surface area contributed by atoms with Crippen LogP contribution in [0.5, 0.6) is 0 Å². The molecule has 1 fully saturated rings. The predicted octanol–water partition coefficient (Wildman–Crippen LogP) is 2.66. The first kappa shape index (κ1) is 14.6. The van der Waals surface area contributed by atoms with Crippen LogP contribution in [0, 0.1) is 6.92 Å². The van der Waals surface area contributed by atoms with Gasteiger partial charge in [-0.2, -0.15) is 0 Å². The maximum absolute atomic E-state index is 5.89. The first-order valence-corrected chi connectivity index (χ1v) is 7.69. The third-order valence-electron chi connectivity index (χ3n) is 4.17. The summed E-state index contributed by atoms with van der Waals surface area (Å²) in [6.07, 6.45) is 4.15. The smallest absolute Gasteiger partial charge is 0.143 e. The second-order valence-corrected chi connectivity index (χ2v) is 6.05. The molecule has 0 bridgehead atoms. The van der Waals surface area contributed by atoms with Gasteiger partial charge in [0.1, 0.15) is 5.82 Å². The van der Waals surface area contributed by atoms with E-state index < -0.39 is 0 Å². The molecule has 1 aliphatic heterocycles. The minimum Gasteiger partial charge on any atom is -0.397 e. The van der Waals surface area contributed by atoms with Gasteiger partial charge in [0.05, 0.1) is 16.4 Å². The zero-order valence-electron chi connectivity index (χ0n) is 12.0. The Bertz CT molecular complexity index is 441. The molecule has 0 unspecified atom stereocenters. The highest BCUT2D eigenvalue weighted by atomic mass is 79.9. The molecule has 106 valence electrons. The van der Waals surface area contributed by atoms with E-state index in [1.807, 2.05) is 6.92 Å². The van der Waals surface area contributed by atoms with Gasteiger partial charge in [-0.05, 0) is 47.8 Å². The highest BCUT2D eigenvalue weighted by Gasteiger charge is 2.24. The number of nitrogens with zero attached hydrogens (tertiary/aromatic N) is 3. The van der Waals surface area contributed by atoms with E-state index in [-0.39, 0.29) is 0 Å². The number of aromatic nitrogens is 1. The van der Waals surface area contributed by atoms with Gasteiger partial charge in [0, 0.05) is 26.2 Å². The SMILES string of the molecule is CCN1CCC(N(C)c2ncc(N)c(C)c2Br)CC1. The van der Waals surface area contributed by atoms with Crippen molar-refractivity contribution in [1.82, 2.24) is 9.88 Å². The van der Waals surface area contributed by atoms with Gasteiger partial charge in [-0.1, -0.05) is 6.92 Å². The predicted molar refractivity (Wildman–Crippen MR) is 84.6 cm³/mol. The zero-order chi connectivity index (χ0) is 14.0. The Labute approximate surface area is 124 Å². The molecule has 0 spiro atoms. The van der Waals surface area contributed by atoms with Crippen LogP contribution in [0.2, 0.25) is 0 Å². The minimum atomic E-state index is 0.564. The number of hydrogen-bond donors (Lipinski definition) is 1. The van der Waals surface area contributed by atoms with Gasteiger partial charge in [-0.3, -0.25) is 0 Å². The molecule has 0 aromatic carbocycles. The fraction of sp³-hybridized carbons (Fsp3) is 0.643. The highest BCUT2D eigenvalue weighted by Crippen LogP contribution is 2.32. The number of anilines is 2. The first-order chi connectivity index (χ1) is 9.04. The van der Waals surface area contributed by atoms with Crippen LogP contribution in [0.15, 0.2) is 10.7 Å². The summed E-state index contributed by atoms with van der Waals surface area (Å²) in [6.45, 7) is 7.76. The third-order valence-corrected chi connectivity index (χ3v) is 5.12. The van der Waals surface area contributed by atoms with Crippen molar-refractivity contribution >= 4 is 27.4 Å². The van der Waals surface area contributed by atoms with Crippen LogP contribution in [0.3, 0.4) is 0 Å². The molecule has 0 radical (unpaired) electrons. The number of halogens is 1. The number of nitrogen functional groups attached to an aromatic ring is 1. The van der Waals surface area contributed by atoms with Crippen molar-refractivity contribution in [2.24, 2.45) is 0 Å². The molecule has 2 rings (SSSR count). The molecule has 1 aromatic rings. The Morgan fingerprint density at radius 2 is 2.11 bits per heavy atom. The van der Waals surface area contributed by atoms with Crippen molar-refractivity contribution < 1.29 is 0 Å². The lowest BCUT2D eigenvalue weighted by Gasteiger charge is -2.37. The van der Waals surface area contributed by atoms with E-state index in [2.05, 4.69) is 44.7 Å². The highest BCUT2D eigenvalue weighted by molar-refractivity contribution is 9.10. The Hall–Kier alpha value is -0.810. The van der Waals surface area contributed by atoms with Crippen LogP contribution in [0.4, 0.5) is 11.5 Å². The second-order valence-electron chi connectivity index (χ2n) is 5.25. The Balaban J connectivity index is 2.12. The average molecular weight is 327 g/mol. The van der Waals surface area contributed by atoms with E-state index in [0.717, 1.165) is 28.1 Å². The van der Waals surface area contributed by atoms with E-state index in [1.165, 1.54) is 25.9 Å². The van der Waals surface area contributed by atoms with Crippen molar-refractivity contribution in [3.63, 3.8) is 0 Å². The summed E-state index contributed by atoms with van der Waals surface area (Å²) in [5.41, 5.74) is 7.70. The van der Waals surface area contributed by atoms with Crippen LogP contribution < -0.4 is 10.6 Å². The van der Waals surface area contributed by atoms with Gasteiger partial charge in [0.15, 0.2) is 0 Å². The van der Waals surface area contributed by atoms with Gasteiger partial charge in [-0.15, -0.1) is 0 Å². The largest absolute Gasteiger partial charge is 0.397 e. The lowest BCUT2D eigenvalue weighted by Crippen LogP contribution is -2.43. The van der Waals surface area contributed by atoms with Crippen LogP contribution in [-0.2, 0) is 0 Å². The monoisotopic (exact) mass is 326 g/mol. The molecule has 0 aliphatic carbocycles. The van der Waals surface area contributed by atoms with E-state index in [9.17, 15) is 0 Å². The van der Waals surface area contributed by atoms with Crippen LogP contribution >= 0.6 is 15.9 Å². The number of pyridine rings is 1. The number of hydrogen-bond acceptors (Lipinski definition) is 4. The van der Waals surface area contributed by atoms with Crippen molar-refractivity contribution in [3.05, 3.63) is 16.2 Å². The van der Waals surface area contributed by atoms with Crippen molar-refractivity contribution in [2.45, 2.75) is 32.7 Å². The standard InChI is InChI=1S/C14H23BrN4/c1-4-19-7-5-11(6-8-19)18(3)14-13(15)10(2)12(16)9-17-14/h9,11H,4-8,16H2,1-3H3. The topological polar surface area (TPSA) is 45.4 Å². The number of rotatable bonds is 3. The first-order valence-electron chi connectivity index (χ1n) is 6.90. The molecule has 4 nitrogen and oxygen atoms in total. The van der Waals surface area contributed by atoms with E-state index >= 15 is 0 Å². The molecule has 2 N–H and O–H groups in total. The molecule has 0 saturated carbocycles. The summed E-state index contributed by atoms with van der Waals surface area (Å²) in [7, 11) is 2.13. The fourth-order valence-corrected chi connectivity index (χ4v) is 3.23. The maximum atomic E-state index is 5.89. The van der Waals surface area contributed by atoms with E-state index in [1.54, 1.807) is 6.20 Å². The Morgan fingerprint density at radius 1 is 1.47 bits per heavy atom. The third kappa shape index (κ3) is 3.03. The molecule has 0 amide bonds. The summed E-state index contributed by atoms with van der Waals surface area (Å²) in [5, 5.41) is 0. The van der Waals surface area contributed by atoms with Crippen LogP contribution in [0.25, 0.3) is 0 Å². The van der Waals surface area contributed by atoms with Crippen LogP contribution in [-0.4, -0.2) is 42.6 Å². The van der Waals surface area contributed by atoms with Crippen molar-refractivity contribution in [1.29, 1.82) is 0 Å². The zero-order valence-corrected chi connectivity index (χ0v) is 13.6. The van der Waals surface area contributed by atoms with Crippen molar-refractivity contribution in [3.8, 4) is 0 Å². The second kappa shape index (κ2) is 6.09. The molecule has 1 saturated heterocycles.